The molecule has 0 saturated carbocycles. The maximum atomic E-state index is 13.0. The van der Waals surface area contributed by atoms with Crippen LogP contribution in [0.4, 0.5) is 17.6 Å². The standard InChI is InChI=1S/C19H23F4N5OS/c1-2-25-18(26-8-7-16-28-15(11-30-16)19(21,22)23)27-10-13(17(24)29)9-12-3-5-14(20)6-4-12/h3-6,11,13H,2,7-10H2,1H3,(H2,24,29)(H2,25,26,27). The van der Waals surface area contributed by atoms with Gasteiger partial charge in [0.05, 0.1) is 17.5 Å². The third-order valence-electron chi connectivity index (χ3n) is 4.09. The average molecular weight is 445 g/mol. The molecule has 0 aliphatic rings. The number of guanidine groups is 1. The summed E-state index contributed by atoms with van der Waals surface area (Å²) in [6.45, 7) is 2.84. The lowest BCUT2D eigenvalue weighted by Gasteiger charge is -2.14. The summed E-state index contributed by atoms with van der Waals surface area (Å²) in [4.78, 5) is 19.7. The van der Waals surface area contributed by atoms with Crippen molar-refractivity contribution in [3.8, 4) is 0 Å². The molecule has 1 amide bonds. The van der Waals surface area contributed by atoms with Crippen LogP contribution < -0.4 is 16.4 Å². The molecule has 6 nitrogen and oxygen atoms in total. The van der Waals surface area contributed by atoms with E-state index in [9.17, 15) is 22.4 Å². The number of hydrogen-bond acceptors (Lipinski definition) is 4. The van der Waals surface area contributed by atoms with Gasteiger partial charge in [0.1, 0.15) is 5.82 Å². The van der Waals surface area contributed by atoms with Crippen LogP contribution in [0.5, 0.6) is 0 Å². The van der Waals surface area contributed by atoms with Gasteiger partial charge in [0.25, 0.3) is 0 Å². The predicted octanol–water partition coefficient (Wildman–Crippen LogP) is 2.74. The van der Waals surface area contributed by atoms with Crippen molar-refractivity contribution in [3.63, 3.8) is 0 Å². The fourth-order valence-corrected chi connectivity index (χ4v) is 3.35. The number of nitrogens with one attached hydrogen (secondary N) is 2. The number of aliphatic imine (C=N–C) groups is 1. The molecular weight excluding hydrogens is 422 g/mol. The van der Waals surface area contributed by atoms with Gasteiger partial charge in [-0.15, -0.1) is 11.3 Å². The number of rotatable bonds is 9. The van der Waals surface area contributed by atoms with E-state index >= 15 is 0 Å². The molecule has 0 aliphatic carbocycles. The predicted molar refractivity (Wildman–Crippen MR) is 108 cm³/mol. The smallest absolute Gasteiger partial charge is 0.369 e. The maximum absolute atomic E-state index is 13.0. The van der Waals surface area contributed by atoms with Crippen molar-refractivity contribution in [2.24, 2.45) is 16.6 Å². The Bertz CT molecular complexity index is 851. The molecule has 2 rings (SSSR count). The van der Waals surface area contributed by atoms with E-state index in [1.54, 1.807) is 12.1 Å². The molecule has 0 radical (unpaired) electrons. The highest BCUT2D eigenvalue weighted by Crippen LogP contribution is 2.30. The number of benzene rings is 1. The van der Waals surface area contributed by atoms with Crippen molar-refractivity contribution in [1.82, 2.24) is 15.6 Å². The van der Waals surface area contributed by atoms with E-state index in [-0.39, 0.29) is 12.4 Å². The summed E-state index contributed by atoms with van der Waals surface area (Å²) in [7, 11) is 0. The summed E-state index contributed by atoms with van der Waals surface area (Å²) in [5, 5.41) is 7.36. The average Bonchev–Trinajstić information content (AvgIpc) is 3.15. The van der Waals surface area contributed by atoms with Crippen molar-refractivity contribution >= 4 is 23.2 Å². The Morgan fingerprint density at radius 2 is 1.97 bits per heavy atom. The molecule has 4 N–H and O–H groups in total. The number of nitrogens with two attached hydrogens (primary N) is 1. The third-order valence-corrected chi connectivity index (χ3v) is 4.99. The first kappa shape index (κ1) is 23.6. The number of aromatic nitrogens is 1. The van der Waals surface area contributed by atoms with Crippen molar-refractivity contribution in [3.05, 3.63) is 51.7 Å². The second kappa shape index (κ2) is 10.9. The van der Waals surface area contributed by atoms with E-state index < -0.39 is 23.7 Å². The lowest BCUT2D eigenvalue weighted by atomic mass is 9.99. The minimum absolute atomic E-state index is 0.109. The Balaban J connectivity index is 1.93. The van der Waals surface area contributed by atoms with Crippen LogP contribution in [0.3, 0.4) is 0 Å². The zero-order chi connectivity index (χ0) is 22.1. The first-order valence-electron chi connectivity index (χ1n) is 9.26. The fourth-order valence-electron chi connectivity index (χ4n) is 2.55. The van der Waals surface area contributed by atoms with Gasteiger partial charge in [-0.3, -0.25) is 9.79 Å². The molecular formula is C19H23F4N5OS. The minimum atomic E-state index is -4.45. The second-order valence-electron chi connectivity index (χ2n) is 6.45. The Hall–Kier alpha value is -2.69. The van der Waals surface area contributed by atoms with Gasteiger partial charge in [-0.1, -0.05) is 12.1 Å². The number of amides is 1. The van der Waals surface area contributed by atoms with Crippen LogP contribution >= 0.6 is 11.3 Å². The van der Waals surface area contributed by atoms with Gasteiger partial charge in [0, 0.05) is 24.9 Å². The molecule has 1 aromatic heterocycles. The second-order valence-corrected chi connectivity index (χ2v) is 7.39. The van der Waals surface area contributed by atoms with Crippen LogP contribution in [0, 0.1) is 11.7 Å². The van der Waals surface area contributed by atoms with Gasteiger partial charge in [-0.2, -0.15) is 13.2 Å². The molecule has 0 saturated heterocycles. The van der Waals surface area contributed by atoms with Crippen LogP contribution in [-0.2, 0) is 23.8 Å². The number of carbonyl (C=O) groups is 1. The monoisotopic (exact) mass is 445 g/mol. The van der Waals surface area contributed by atoms with E-state index in [2.05, 4.69) is 20.6 Å². The Labute approximate surface area is 175 Å². The molecule has 1 heterocycles. The summed E-state index contributed by atoms with van der Waals surface area (Å²) < 4.78 is 50.9. The third kappa shape index (κ3) is 7.62. The number of carbonyl (C=O) groups excluding carboxylic acids is 1. The van der Waals surface area contributed by atoms with Crippen LogP contribution in [0.1, 0.15) is 23.2 Å². The maximum Gasteiger partial charge on any atom is 0.434 e. The molecule has 0 fully saturated rings. The molecule has 164 valence electrons. The number of nitrogens with zero attached hydrogens (tertiary/aromatic N) is 2. The molecule has 2 aromatic rings. The van der Waals surface area contributed by atoms with Crippen molar-refractivity contribution < 1.29 is 22.4 Å². The summed E-state index contributed by atoms with van der Waals surface area (Å²) in [6.07, 6.45) is -3.84. The van der Waals surface area contributed by atoms with Crippen molar-refractivity contribution in [2.45, 2.75) is 25.9 Å². The van der Waals surface area contributed by atoms with E-state index in [4.69, 9.17) is 5.73 Å². The highest BCUT2D eigenvalue weighted by molar-refractivity contribution is 7.09. The van der Waals surface area contributed by atoms with E-state index in [1.165, 1.54) is 12.1 Å². The summed E-state index contributed by atoms with van der Waals surface area (Å²) in [5.41, 5.74) is 5.33. The topological polar surface area (TPSA) is 92.4 Å². The summed E-state index contributed by atoms with van der Waals surface area (Å²) in [6, 6.07) is 5.79. The minimum Gasteiger partial charge on any atom is -0.369 e. The lowest BCUT2D eigenvalue weighted by molar-refractivity contribution is -0.140. The SMILES string of the molecule is CCNC(=NCC(Cc1ccc(F)cc1)C(N)=O)NCCc1nc(C(F)(F)F)cs1. The first-order chi connectivity index (χ1) is 14.2. The summed E-state index contributed by atoms with van der Waals surface area (Å²) >= 11 is 0.947. The van der Waals surface area contributed by atoms with E-state index in [0.29, 0.717) is 36.9 Å². The Morgan fingerprint density at radius 3 is 2.53 bits per heavy atom. The van der Waals surface area contributed by atoms with Gasteiger partial charge >= 0.3 is 6.18 Å². The molecule has 0 spiro atoms. The van der Waals surface area contributed by atoms with Gasteiger partial charge in [0.15, 0.2) is 11.7 Å². The highest BCUT2D eigenvalue weighted by atomic mass is 32.1. The lowest BCUT2D eigenvalue weighted by Crippen LogP contribution is -2.39. The summed E-state index contributed by atoms with van der Waals surface area (Å²) in [5.74, 6) is -1.07. The van der Waals surface area contributed by atoms with E-state index in [1.807, 2.05) is 6.92 Å². The molecule has 11 heteroatoms. The quantitative estimate of drug-likeness (QED) is 0.314. The van der Waals surface area contributed by atoms with Crippen LogP contribution in [-0.4, -0.2) is 36.5 Å². The van der Waals surface area contributed by atoms with Crippen LogP contribution in [0.2, 0.25) is 0 Å². The molecule has 30 heavy (non-hydrogen) atoms. The van der Waals surface area contributed by atoms with Gasteiger partial charge in [-0.25, -0.2) is 9.37 Å². The van der Waals surface area contributed by atoms with Gasteiger partial charge in [0.2, 0.25) is 5.91 Å². The van der Waals surface area contributed by atoms with E-state index in [0.717, 1.165) is 22.3 Å². The molecule has 1 unspecified atom stereocenters. The molecule has 1 atom stereocenters. The van der Waals surface area contributed by atoms with Gasteiger partial charge < -0.3 is 16.4 Å². The van der Waals surface area contributed by atoms with Crippen LogP contribution in [0.25, 0.3) is 0 Å². The molecule has 0 bridgehead atoms. The largest absolute Gasteiger partial charge is 0.434 e. The number of halogens is 4. The number of thiazole rings is 1. The number of alkyl halides is 3. The number of primary amides is 1. The van der Waals surface area contributed by atoms with Crippen molar-refractivity contribution in [1.29, 1.82) is 0 Å². The molecule has 1 aromatic carbocycles. The zero-order valence-corrected chi connectivity index (χ0v) is 17.1. The number of hydrogen-bond donors (Lipinski definition) is 3. The Morgan fingerprint density at radius 1 is 1.27 bits per heavy atom. The normalized spacial score (nSPS) is 13.2. The highest BCUT2D eigenvalue weighted by Gasteiger charge is 2.33. The first-order valence-corrected chi connectivity index (χ1v) is 10.1. The Kier molecular flexibility index (Phi) is 8.58. The fraction of sp³-hybridized carbons (Fsp3) is 0.421. The van der Waals surface area contributed by atoms with Crippen molar-refractivity contribution in [2.75, 3.05) is 19.6 Å². The zero-order valence-electron chi connectivity index (χ0n) is 16.3. The van der Waals surface area contributed by atoms with Gasteiger partial charge in [-0.05, 0) is 31.0 Å². The van der Waals surface area contributed by atoms with Crippen LogP contribution in [0.15, 0.2) is 34.6 Å². The molecule has 0 aliphatic heterocycles.